The van der Waals surface area contributed by atoms with E-state index < -0.39 is 0 Å². The van der Waals surface area contributed by atoms with Crippen LogP contribution in [0.1, 0.15) is 33.2 Å². The third-order valence-electron chi connectivity index (χ3n) is 6.78. The summed E-state index contributed by atoms with van der Waals surface area (Å²) in [6.45, 7) is 4.18. The number of amides is 1. The Labute approximate surface area is 208 Å². The second-order valence-corrected chi connectivity index (χ2v) is 9.01. The summed E-state index contributed by atoms with van der Waals surface area (Å²) in [4.78, 5) is 22.2. The summed E-state index contributed by atoms with van der Waals surface area (Å²) >= 11 is 0. The largest absolute Gasteiger partial charge is 0.497 e. The van der Waals surface area contributed by atoms with E-state index in [0.717, 1.165) is 27.8 Å². The van der Waals surface area contributed by atoms with Crippen molar-refractivity contribution in [3.05, 3.63) is 107 Å². The van der Waals surface area contributed by atoms with Gasteiger partial charge in [-0.1, -0.05) is 24.3 Å². The number of carbonyl (C=O) groups is 1. The normalized spacial score (nSPS) is 14.4. The van der Waals surface area contributed by atoms with Crippen molar-refractivity contribution in [2.24, 2.45) is 0 Å². The summed E-state index contributed by atoms with van der Waals surface area (Å²) in [5, 5.41) is 0.885. The van der Waals surface area contributed by atoms with Gasteiger partial charge in [-0.05, 0) is 60.5 Å². The molecule has 1 aliphatic heterocycles. The Hall–Kier alpha value is -3.84. The van der Waals surface area contributed by atoms with Crippen molar-refractivity contribution in [2.45, 2.75) is 13.0 Å². The van der Waals surface area contributed by atoms with Gasteiger partial charge in [0.1, 0.15) is 17.4 Å². The van der Waals surface area contributed by atoms with Crippen molar-refractivity contribution < 1.29 is 18.3 Å². The highest BCUT2D eigenvalue weighted by Crippen LogP contribution is 2.31. The van der Waals surface area contributed by atoms with Gasteiger partial charge in [-0.2, -0.15) is 0 Å². The van der Waals surface area contributed by atoms with E-state index in [1.807, 2.05) is 36.1 Å². The molecule has 0 unspecified atom stereocenters. The lowest BCUT2D eigenvalue weighted by molar-refractivity contribution is 0.0596. The maximum atomic E-state index is 13.6. The minimum absolute atomic E-state index is 0.0440. The van der Waals surface area contributed by atoms with Crippen LogP contribution in [0.25, 0.3) is 10.9 Å². The molecule has 0 N–H and O–H groups in total. The fraction of sp³-hybridized carbons (Fsp3) is 0.241. The lowest BCUT2D eigenvalue weighted by Gasteiger charge is -2.40. The molecule has 1 saturated heterocycles. The molecule has 1 aromatic heterocycles. The SMILES string of the molecule is COc1ccc2cc(C(=O)N3CCN(C(c4ccc(F)cc4)c4ccc(F)cc4)CC3)c(C)nc2c1. The molecule has 0 spiro atoms. The molecule has 1 aliphatic rings. The third-order valence-corrected chi connectivity index (χ3v) is 6.78. The molecular weight excluding hydrogens is 460 g/mol. The Balaban J connectivity index is 1.36. The van der Waals surface area contributed by atoms with E-state index in [0.29, 0.717) is 37.4 Å². The summed E-state index contributed by atoms with van der Waals surface area (Å²) in [5.74, 6) is 0.0774. The number of rotatable bonds is 5. The van der Waals surface area contributed by atoms with Crippen molar-refractivity contribution in [1.82, 2.24) is 14.8 Å². The Morgan fingerprint density at radius 1 is 0.861 bits per heavy atom. The molecule has 0 aliphatic carbocycles. The number of piperazine rings is 1. The fourth-order valence-electron chi connectivity index (χ4n) is 4.84. The second-order valence-electron chi connectivity index (χ2n) is 9.01. The van der Waals surface area contributed by atoms with Crippen LogP contribution in [0.15, 0.2) is 72.8 Å². The zero-order valence-electron chi connectivity index (χ0n) is 20.2. The molecule has 5 nitrogen and oxygen atoms in total. The van der Waals surface area contributed by atoms with Crippen LogP contribution in [0.4, 0.5) is 8.78 Å². The number of pyridine rings is 1. The van der Waals surface area contributed by atoms with Gasteiger partial charge in [0.15, 0.2) is 0 Å². The lowest BCUT2D eigenvalue weighted by atomic mass is 9.96. The Morgan fingerprint density at radius 3 is 2.00 bits per heavy atom. The minimum atomic E-state index is -0.301. The van der Waals surface area contributed by atoms with Crippen LogP contribution in [0.5, 0.6) is 5.75 Å². The van der Waals surface area contributed by atoms with Crippen LogP contribution in [0, 0.1) is 18.6 Å². The zero-order chi connectivity index (χ0) is 25.2. The first-order chi connectivity index (χ1) is 17.4. The molecule has 0 atom stereocenters. The van der Waals surface area contributed by atoms with Crippen molar-refractivity contribution in [2.75, 3.05) is 33.3 Å². The highest BCUT2D eigenvalue weighted by molar-refractivity contribution is 5.98. The van der Waals surface area contributed by atoms with E-state index in [9.17, 15) is 13.6 Å². The number of hydrogen-bond donors (Lipinski definition) is 0. The molecule has 7 heteroatoms. The summed E-state index contributed by atoms with van der Waals surface area (Å²) in [6, 6.07) is 20.2. The lowest BCUT2D eigenvalue weighted by Crippen LogP contribution is -2.50. The van der Waals surface area contributed by atoms with Gasteiger partial charge in [-0.25, -0.2) is 8.78 Å². The quantitative estimate of drug-likeness (QED) is 0.379. The number of carbonyl (C=O) groups excluding carboxylic acids is 1. The molecule has 3 aromatic carbocycles. The number of hydrogen-bond acceptors (Lipinski definition) is 4. The topological polar surface area (TPSA) is 45.7 Å². The number of ether oxygens (including phenoxy) is 1. The van der Waals surface area contributed by atoms with E-state index in [1.54, 1.807) is 31.4 Å². The Kier molecular flexibility index (Phi) is 6.65. The number of halogens is 2. The number of aryl methyl sites for hydroxylation is 1. The summed E-state index contributed by atoms with van der Waals surface area (Å²) < 4.78 is 32.5. The van der Waals surface area contributed by atoms with Gasteiger partial charge in [0.05, 0.1) is 29.9 Å². The molecular formula is C29H27F2N3O2. The zero-order valence-corrected chi connectivity index (χ0v) is 20.2. The predicted octanol–water partition coefficient (Wildman–Crippen LogP) is 5.38. The van der Waals surface area contributed by atoms with Gasteiger partial charge in [-0.3, -0.25) is 14.7 Å². The van der Waals surface area contributed by atoms with E-state index in [2.05, 4.69) is 9.88 Å². The average Bonchev–Trinajstić information content (AvgIpc) is 2.90. The second kappa shape index (κ2) is 10.0. The Morgan fingerprint density at radius 2 is 1.44 bits per heavy atom. The molecule has 4 aromatic rings. The van der Waals surface area contributed by atoms with Gasteiger partial charge < -0.3 is 9.64 Å². The fourth-order valence-corrected chi connectivity index (χ4v) is 4.84. The van der Waals surface area contributed by atoms with Crippen LogP contribution in [0.2, 0.25) is 0 Å². The minimum Gasteiger partial charge on any atom is -0.497 e. The number of fused-ring (bicyclic) bond motifs is 1. The Bertz CT molecular complexity index is 1340. The summed E-state index contributed by atoms with van der Waals surface area (Å²) in [5.41, 5.74) is 3.91. The molecule has 2 heterocycles. The monoisotopic (exact) mass is 487 g/mol. The van der Waals surface area contributed by atoms with Crippen molar-refractivity contribution >= 4 is 16.8 Å². The third kappa shape index (κ3) is 4.79. The molecule has 0 radical (unpaired) electrons. The molecule has 0 bridgehead atoms. The van der Waals surface area contributed by atoms with Crippen LogP contribution >= 0.6 is 0 Å². The van der Waals surface area contributed by atoms with E-state index in [4.69, 9.17) is 4.74 Å². The summed E-state index contributed by atoms with van der Waals surface area (Å²) in [7, 11) is 1.61. The van der Waals surface area contributed by atoms with Crippen LogP contribution < -0.4 is 4.74 Å². The van der Waals surface area contributed by atoms with E-state index >= 15 is 0 Å². The molecule has 5 rings (SSSR count). The van der Waals surface area contributed by atoms with Gasteiger partial charge in [0.25, 0.3) is 5.91 Å². The standard InChI is InChI=1S/C29H27F2N3O2/c1-19-26(17-22-7-12-25(36-2)18-27(22)32-19)29(35)34-15-13-33(14-16-34)28(20-3-8-23(30)9-4-20)21-5-10-24(31)11-6-21/h3-12,17-18,28H,13-16H2,1-2H3. The van der Waals surface area contributed by atoms with Gasteiger partial charge in [-0.15, -0.1) is 0 Å². The summed E-state index contributed by atoms with van der Waals surface area (Å²) in [6.07, 6.45) is 0. The van der Waals surface area contributed by atoms with Crippen LogP contribution in [-0.4, -0.2) is 54.0 Å². The average molecular weight is 488 g/mol. The number of aromatic nitrogens is 1. The predicted molar refractivity (Wildman–Crippen MR) is 135 cm³/mol. The van der Waals surface area contributed by atoms with Gasteiger partial charge >= 0.3 is 0 Å². The number of nitrogens with zero attached hydrogens (tertiary/aromatic N) is 3. The smallest absolute Gasteiger partial charge is 0.255 e. The van der Waals surface area contributed by atoms with E-state index in [-0.39, 0.29) is 23.6 Å². The first kappa shape index (κ1) is 23.9. The number of benzene rings is 3. The van der Waals surface area contributed by atoms with Crippen LogP contribution in [0.3, 0.4) is 0 Å². The van der Waals surface area contributed by atoms with Gasteiger partial charge in [0, 0.05) is 37.6 Å². The highest BCUT2D eigenvalue weighted by atomic mass is 19.1. The van der Waals surface area contributed by atoms with E-state index in [1.165, 1.54) is 24.3 Å². The maximum absolute atomic E-state index is 13.6. The molecule has 0 saturated carbocycles. The maximum Gasteiger partial charge on any atom is 0.255 e. The van der Waals surface area contributed by atoms with Gasteiger partial charge in [0.2, 0.25) is 0 Å². The number of methoxy groups -OCH3 is 1. The first-order valence-electron chi connectivity index (χ1n) is 11.9. The van der Waals surface area contributed by atoms with Crippen molar-refractivity contribution in [1.29, 1.82) is 0 Å². The molecule has 36 heavy (non-hydrogen) atoms. The molecule has 184 valence electrons. The highest BCUT2D eigenvalue weighted by Gasteiger charge is 2.29. The van der Waals surface area contributed by atoms with Crippen molar-refractivity contribution in [3.63, 3.8) is 0 Å². The molecule has 1 fully saturated rings. The van der Waals surface area contributed by atoms with Crippen LogP contribution in [-0.2, 0) is 0 Å². The van der Waals surface area contributed by atoms with Crippen molar-refractivity contribution in [3.8, 4) is 5.75 Å². The molecule has 1 amide bonds. The first-order valence-corrected chi connectivity index (χ1v) is 11.9.